The van der Waals surface area contributed by atoms with E-state index in [-0.39, 0.29) is 5.92 Å². The molecule has 0 N–H and O–H groups in total. The zero-order chi connectivity index (χ0) is 16.2. The molecule has 0 saturated heterocycles. The first-order valence-electron chi connectivity index (χ1n) is 6.83. The summed E-state index contributed by atoms with van der Waals surface area (Å²) in [5.74, 6) is -0.685. The smallest absolute Gasteiger partial charge is 0.192 e. The molecule has 0 aliphatic heterocycles. The Labute approximate surface area is 137 Å². The van der Waals surface area contributed by atoms with Crippen molar-refractivity contribution in [3.05, 3.63) is 87.7 Å². The molecule has 0 aliphatic carbocycles. The maximum Gasteiger partial charge on any atom is 0.224 e. The maximum atomic E-state index is 13.4. The van der Waals surface area contributed by atoms with Crippen LogP contribution in [0.4, 0.5) is 4.39 Å². The summed E-state index contributed by atoms with van der Waals surface area (Å²) in [7, 11) is 0. The van der Waals surface area contributed by atoms with Crippen LogP contribution < -0.4 is 0 Å². The van der Waals surface area contributed by atoms with E-state index >= 15 is 0 Å². The number of halogens is 1. The largest absolute Gasteiger partial charge is 0.224 e. The van der Waals surface area contributed by atoms with Gasteiger partial charge in [0.25, 0.3) is 0 Å². The SMILES string of the molecule is N#Cc1ccc(C(c2ccc(C#N)cc2)c2cc(F)ns2)cc1. The predicted octanol–water partition coefficient (Wildman–Crippen LogP) is 4.21. The minimum absolute atomic E-state index is 0.183. The summed E-state index contributed by atoms with van der Waals surface area (Å²) >= 11 is 1.11. The van der Waals surface area contributed by atoms with Gasteiger partial charge in [0.05, 0.1) is 23.3 Å². The fourth-order valence-electron chi connectivity index (χ4n) is 2.42. The van der Waals surface area contributed by atoms with Gasteiger partial charge in [0.2, 0.25) is 5.95 Å². The van der Waals surface area contributed by atoms with Gasteiger partial charge in [-0.15, -0.1) is 0 Å². The molecule has 0 aliphatic rings. The van der Waals surface area contributed by atoms with Crippen molar-refractivity contribution in [1.29, 1.82) is 10.5 Å². The third-order valence-electron chi connectivity index (χ3n) is 3.53. The Morgan fingerprint density at radius 1 is 0.870 bits per heavy atom. The molecule has 110 valence electrons. The van der Waals surface area contributed by atoms with Crippen LogP contribution in [0.5, 0.6) is 0 Å². The van der Waals surface area contributed by atoms with Gasteiger partial charge < -0.3 is 0 Å². The van der Waals surface area contributed by atoms with E-state index in [2.05, 4.69) is 16.5 Å². The van der Waals surface area contributed by atoms with E-state index in [1.807, 2.05) is 24.3 Å². The number of hydrogen-bond acceptors (Lipinski definition) is 4. The zero-order valence-electron chi connectivity index (χ0n) is 11.9. The van der Waals surface area contributed by atoms with Crippen LogP contribution in [0, 0.1) is 28.6 Å². The van der Waals surface area contributed by atoms with Crippen molar-refractivity contribution in [2.45, 2.75) is 5.92 Å². The number of nitrogens with zero attached hydrogens (tertiary/aromatic N) is 3. The number of rotatable bonds is 3. The van der Waals surface area contributed by atoms with Crippen molar-refractivity contribution in [3.63, 3.8) is 0 Å². The first-order valence-corrected chi connectivity index (χ1v) is 7.61. The first kappa shape index (κ1) is 14.9. The molecule has 0 saturated carbocycles. The Morgan fingerprint density at radius 2 is 1.35 bits per heavy atom. The van der Waals surface area contributed by atoms with Crippen molar-refractivity contribution in [2.75, 3.05) is 0 Å². The Bertz CT molecular complexity index is 842. The molecule has 0 fully saturated rings. The molecular weight excluding hydrogens is 309 g/mol. The van der Waals surface area contributed by atoms with Crippen LogP contribution in [0.1, 0.15) is 33.0 Å². The average Bonchev–Trinajstić information content (AvgIpc) is 3.02. The molecule has 0 amide bonds. The van der Waals surface area contributed by atoms with Crippen molar-refractivity contribution in [3.8, 4) is 12.1 Å². The molecule has 1 heterocycles. The Morgan fingerprint density at radius 3 is 1.70 bits per heavy atom. The van der Waals surface area contributed by atoms with Crippen LogP contribution in [0.3, 0.4) is 0 Å². The van der Waals surface area contributed by atoms with Crippen molar-refractivity contribution in [2.24, 2.45) is 0 Å². The fraction of sp³-hybridized carbons (Fsp3) is 0.0556. The predicted molar refractivity (Wildman–Crippen MR) is 85.3 cm³/mol. The third-order valence-corrected chi connectivity index (χ3v) is 4.36. The van der Waals surface area contributed by atoms with Crippen LogP contribution in [-0.2, 0) is 0 Å². The summed E-state index contributed by atoms with van der Waals surface area (Å²) in [6.45, 7) is 0. The van der Waals surface area contributed by atoms with Gasteiger partial charge in [-0.1, -0.05) is 24.3 Å². The summed E-state index contributed by atoms with van der Waals surface area (Å²) in [5.41, 5.74) is 3.03. The van der Waals surface area contributed by atoms with Crippen LogP contribution in [0.15, 0.2) is 54.6 Å². The van der Waals surface area contributed by atoms with Crippen LogP contribution >= 0.6 is 11.5 Å². The lowest BCUT2D eigenvalue weighted by molar-refractivity contribution is 0.597. The number of aromatic nitrogens is 1. The number of benzene rings is 2. The molecule has 3 rings (SSSR count). The van der Waals surface area contributed by atoms with E-state index in [9.17, 15) is 4.39 Å². The molecule has 0 bridgehead atoms. The second-order valence-corrected chi connectivity index (χ2v) is 5.79. The molecule has 0 unspecified atom stereocenters. The van der Waals surface area contributed by atoms with E-state index in [1.165, 1.54) is 6.07 Å². The highest BCUT2D eigenvalue weighted by molar-refractivity contribution is 7.05. The summed E-state index contributed by atoms with van der Waals surface area (Å²) in [6, 6.07) is 20.0. The molecule has 2 aromatic carbocycles. The van der Waals surface area contributed by atoms with Crippen molar-refractivity contribution in [1.82, 2.24) is 4.37 Å². The Hall–Kier alpha value is -3.02. The molecule has 23 heavy (non-hydrogen) atoms. The quantitative estimate of drug-likeness (QED) is 0.726. The minimum atomic E-state index is -0.503. The molecule has 0 spiro atoms. The van der Waals surface area contributed by atoms with E-state index in [0.29, 0.717) is 11.1 Å². The highest BCUT2D eigenvalue weighted by Crippen LogP contribution is 2.34. The van der Waals surface area contributed by atoms with Crippen LogP contribution in [-0.4, -0.2) is 4.37 Å². The highest BCUT2D eigenvalue weighted by Gasteiger charge is 2.20. The molecule has 3 aromatic rings. The van der Waals surface area contributed by atoms with Gasteiger partial charge in [-0.25, -0.2) is 0 Å². The number of nitriles is 2. The average molecular weight is 319 g/mol. The normalized spacial score (nSPS) is 10.3. The minimum Gasteiger partial charge on any atom is -0.192 e. The maximum absolute atomic E-state index is 13.4. The van der Waals surface area contributed by atoms with E-state index in [4.69, 9.17) is 10.5 Å². The van der Waals surface area contributed by atoms with E-state index < -0.39 is 5.95 Å². The second-order valence-electron chi connectivity index (χ2n) is 4.95. The summed E-state index contributed by atoms with van der Waals surface area (Å²) < 4.78 is 17.1. The van der Waals surface area contributed by atoms with Crippen LogP contribution in [0.25, 0.3) is 0 Å². The van der Waals surface area contributed by atoms with E-state index in [1.54, 1.807) is 24.3 Å². The van der Waals surface area contributed by atoms with Crippen LogP contribution in [0.2, 0.25) is 0 Å². The standard InChI is InChI=1S/C18H10FN3S/c19-17-9-16(23-22-17)18(14-5-1-12(10-20)2-6-14)15-7-3-13(11-21)4-8-15/h1-9,18H. The van der Waals surface area contributed by atoms with Gasteiger partial charge in [-0.05, 0) is 46.9 Å². The van der Waals surface area contributed by atoms with Crippen molar-refractivity contribution >= 4 is 11.5 Å². The summed E-state index contributed by atoms with van der Waals surface area (Å²) in [5, 5.41) is 17.8. The van der Waals surface area contributed by atoms with Gasteiger partial charge in [0.15, 0.2) is 0 Å². The Kier molecular flexibility index (Phi) is 4.14. The second kappa shape index (κ2) is 6.39. The lowest BCUT2D eigenvalue weighted by Crippen LogP contribution is -2.01. The molecular formula is C18H10FN3S. The molecule has 1 aromatic heterocycles. The summed E-state index contributed by atoms with van der Waals surface area (Å²) in [6.07, 6.45) is 0. The number of hydrogen-bond donors (Lipinski definition) is 0. The Balaban J connectivity index is 2.09. The van der Waals surface area contributed by atoms with Gasteiger partial charge in [0, 0.05) is 16.9 Å². The zero-order valence-corrected chi connectivity index (χ0v) is 12.7. The highest BCUT2D eigenvalue weighted by atomic mass is 32.1. The lowest BCUT2D eigenvalue weighted by Gasteiger charge is -2.16. The molecule has 0 atom stereocenters. The van der Waals surface area contributed by atoms with Gasteiger partial charge >= 0.3 is 0 Å². The fourth-order valence-corrected chi connectivity index (χ4v) is 3.20. The summed E-state index contributed by atoms with van der Waals surface area (Å²) in [4.78, 5) is 0.775. The topological polar surface area (TPSA) is 60.5 Å². The third kappa shape index (κ3) is 3.11. The monoisotopic (exact) mass is 319 g/mol. The van der Waals surface area contributed by atoms with Gasteiger partial charge in [-0.2, -0.15) is 19.3 Å². The molecule has 3 nitrogen and oxygen atoms in total. The lowest BCUT2D eigenvalue weighted by atomic mass is 9.89. The van der Waals surface area contributed by atoms with Gasteiger partial charge in [0.1, 0.15) is 0 Å². The molecule has 0 radical (unpaired) electrons. The van der Waals surface area contributed by atoms with E-state index in [0.717, 1.165) is 27.5 Å². The molecule has 5 heteroatoms. The first-order chi connectivity index (χ1) is 11.2. The van der Waals surface area contributed by atoms with Crippen molar-refractivity contribution < 1.29 is 4.39 Å². The van der Waals surface area contributed by atoms with Gasteiger partial charge in [-0.3, -0.25) is 0 Å².